The highest BCUT2D eigenvalue weighted by Crippen LogP contribution is 2.33. The van der Waals surface area contributed by atoms with Crippen LogP contribution in [0.1, 0.15) is 17.5 Å². The van der Waals surface area contributed by atoms with Gasteiger partial charge in [0.05, 0.1) is 25.6 Å². The van der Waals surface area contributed by atoms with E-state index < -0.39 is 5.79 Å². The summed E-state index contributed by atoms with van der Waals surface area (Å²) in [5, 5.41) is 0.756. The van der Waals surface area contributed by atoms with Gasteiger partial charge in [0.2, 0.25) is 0 Å². The summed E-state index contributed by atoms with van der Waals surface area (Å²) in [5.41, 5.74) is 2.57. The van der Waals surface area contributed by atoms with E-state index in [2.05, 4.69) is 42.2 Å². The predicted octanol–water partition coefficient (Wildman–Crippen LogP) is 5.38. The number of aromatic nitrogens is 2. The molecule has 4 nitrogen and oxygen atoms in total. The maximum Gasteiger partial charge on any atom is 0.187 e. The van der Waals surface area contributed by atoms with Gasteiger partial charge in [-0.3, -0.25) is 0 Å². The number of halogens is 1. The van der Waals surface area contributed by atoms with Gasteiger partial charge in [-0.05, 0) is 37.1 Å². The number of thioether (sulfide) groups is 1. The van der Waals surface area contributed by atoms with Crippen molar-refractivity contribution >= 4 is 23.4 Å². The van der Waals surface area contributed by atoms with Gasteiger partial charge in [-0.1, -0.05) is 47.5 Å². The Labute approximate surface area is 181 Å². The van der Waals surface area contributed by atoms with Crippen LogP contribution in [0.4, 0.5) is 0 Å². The van der Waals surface area contributed by atoms with E-state index in [0.29, 0.717) is 13.2 Å². The second kappa shape index (κ2) is 9.35. The van der Waals surface area contributed by atoms with E-state index in [1.165, 1.54) is 11.1 Å². The fraction of sp³-hybridized carbons (Fsp3) is 0.348. The zero-order chi connectivity index (χ0) is 20.1. The SMILES string of the molecule is Cc1ccc(CCC2(Cn3ccnc3)OCC(CSc3cccc(Cl)c3)O2)cc1. The Morgan fingerprint density at radius 1 is 1.24 bits per heavy atom. The molecule has 0 bridgehead atoms. The molecule has 0 N–H and O–H groups in total. The molecule has 2 aromatic carbocycles. The van der Waals surface area contributed by atoms with Gasteiger partial charge in [0, 0.05) is 34.5 Å². The summed E-state index contributed by atoms with van der Waals surface area (Å²) in [4.78, 5) is 5.31. The van der Waals surface area contributed by atoms with Crippen LogP contribution in [0, 0.1) is 6.92 Å². The number of hydrogen-bond acceptors (Lipinski definition) is 4. The van der Waals surface area contributed by atoms with Crippen LogP contribution in [0.2, 0.25) is 5.02 Å². The van der Waals surface area contributed by atoms with Crippen LogP contribution < -0.4 is 0 Å². The Bertz CT molecular complexity index is 917. The van der Waals surface area contributed by atoms with Crippen LogP contribution in [-0.4, -0.2) is 33.8 Å². The number of aryl methyl sites for hydroxylation is 2. The van der Waals surface area contributed by atoms with E-state index in [0.717, 1.165) is 28.5 Å². The van der Waals surface area contributed by atoms with Crippen LogP contribution in [0.3, 0.4) is 0 Å². The van der Waals surface area contributed by atoms with Crippen LogP contribution in [0.5, 0.6) is 0 Å². The summed E-state index contributed by atoms with van der Waals surface area (Å²) >= 11 is 7.84. The molecule has 1 aromatic heterocycles. The van der Waals surface area contributed by atoms with Gasteiger partial charge in [-0.2, -0.15) is 0 Å². The summed E-state index contributed by atoms with van der Waals surface area (Å²) in [6, 6.07) is 16.6. The highest BCUT2D eigenvalue weighted by atomic mass is 35.5. The average Bonchev–Trinajstić information content (AvgIpc) is 3.37. The van der Waals surface area contributed by atoms with Crippen molar-refractivity contribution in [3.63, 3.8) is 0 Å². The van der Waals surface area contributed by atoms with Crippen molar-refractivity contribution in [3.8, 4) is 0 Å². The third kappa shape index (κ3) is 5.64. The van der Waals surface area contributed by atoms with Gasteiger partial charge < -0.3 is 14.0 Å². The number of hydrogen-bond donors (Lipinski definition) is 0. The molecule has 6 heteroatoms. The van der Waals surface area contributed by atoms with Crippen molar-refractivity contribution in [2.24, 2.45) is 0 Å². The second-order valence-corrected chi connectivity index (χ2v) is 8.98. The van der Waals surface area contributed by atoms with Crippen LogP contribution in [0.15, 0.2) is 72.1 Å². The first-order chi connectivity index (χ1) is 14.1. The summed E-state index contributed by atoms with van der Waals surface area (Å²) in [6.45, 7) is 3.34. The fourth-order valence-corrected chi connectivity index (χ4v) is 4.67. The van der Waals surface area contributed by atoms with E-state index in [1.54, 1.807) is 18.0 Å². The minimum absolute atomic E-state index is 0.0421. The molecule has 152 valence electrons. The molecule has 2 unspecified atom stereocenters. The van der Waals surface area contributed by atoms with E-state index in [-0.39, 0.29) is 6.10 Å². The number of nitrogens with zero attached hydrogens (tertiary/aromatic N) is 2. The van der Waals surface area contributed by atoms with E-state index in [1.807, 2.05) is 35.3 Å². The molecule has 0 amide bonds. The molecule has 0 saturated carbocycles. The third-order valence-corrected chi connectivity index (χ3v) is 6.40. The number of ether oxygens (including phenoxy) is 2. The molecule has 1 fully saturated rings. The molecule has 0 radical (unpaired) electrons. The maximum atomic E-state index is 6.50. The van der Waals surface area contributed by atoms with Gasteiger partial charge in [-0.25, -0.2) is 4.98 Å². The first-order valence-electron chi connectivity index (χ1n) is 9.82. The van der Waals surface area contributed by atoms with Crippen LogP contribution in [-0.2, 0) is 22.4 Å². The molecule has 1 saturated heterocycles. The van der Waals surface area contributed by atoms with Crippen molar-refractivity contribution in [1.82, 2.24) is 9.55 Å². The maximum absolute atomic E-state index is 6.50. The van der Waals surface area contributed by atoms with Crippen molar-refractivity contribution in [3.05, 3.63) is 83.4 Å². The third-order valence-electron chi connectivity index (χ3n) is 5.04. The van der Waals surface area contributed by atoms with Gasteiger partial charge in [-0.15, -0.1) is 11.8 Å². The Hall–Kier alpha value is -1.79. The summed E-state index contributed by atoms with van der Waals surface area (Å²) in [7, 11) is 0. The monoisotopic (exact) mass is 428 g/mol. The minimum Gasteiger partial charge on any atom is -0.345 e. The number of rotatable bonds is 8. The molecular weight excluding hydrogens is 404 g/mol. The highest BCUT2D eigenvalue weighted by Gasteiger charge is 2.41. The molecule has 3 aromatic rings. The average molecular weight is 429 g/mol. The molecule has 2 heterocycles. The summed E-state index contributed by atoms with van der Waals surface area (Å²) < 4.78 is 14.8. The topological polar surface area (TPSA) is 36.3 Å². The standard InChI is InChI=1S/C23H25ClN2O2S/c1-18-5-7-19(8-6-18)9-10-23(16-26-12-11-25-17-26)27-14-21(28-23)15-29-22-4-2-3-20(24)13-22/h2-8,11-13,17,21H,9-10,14-16H2,1H3. The van der Waals surface area contributed by atoms with Crippen molar-refractivity contribution in [1.29, 1.82) is 0 Å². The molecule has 0 aliphatic carbocycles. The van der Waals surface area contributed by atoms with Crippen molar-refractivity contribution < 1.29 is 9.47 Å². The summed E-state index contributed by atoms with van der Waals surface area (Å²) in [6.07, 6.45) is 7.30. The van der Waals surface area contributed by atoms with Crippen LogP contribution >= 0.6 is 23.4 Å². The predicted molar refractivity (Wildman–Crippen MR) is 117 cm³/mol. The molecule has 4 rings (SSSR count). The Morgan fingerprint density at radius 3 is 2.86 bits per heavy atom. The Balaban J connectivity index is 1.41. The van der Waals surface area contributed by atoms with E-state index >= 15 is 0 Å². The molecule has 29 heavy (non-hydrogen) atoms. The van der Waals surface area contributed by atoms with Crippen LogP contribution in [0.25, 0.3) is 0 Å². The zero-order valence-electron chi connectivity index (χ0n) is 16.5. The smallest absolute Gasteiger partial charge is 0.187 e. The molecule has 1 aliphatic heterocycles. The Morgan fingerprint density at radius 2 is 2.10 bits per heavy atom. The molecule has 1 aliphatic rings. The lowest BCUT2D eigenvalue weighted by Gasteiger charge is -2.28. The first-order valence-corrected chi connectivity index (χ1v) is 11.2. The first kappa shape index (κ1) is 20.5. The lowest BCUT2D eigenvalue weighted by molar-refractivity contribution is -0.180. The zero-order valence-corrected chi connectivity index (χ0v) is 18.0. The van der Waals surface area contributed by atoms with Gasteiger partial charge in [0.1, 0.15) is 0 Å². The molecular formula is C23H25ClN2O2S. The normalized spacial score (nSPS) is 21.5. The number of imidazole rings is 1. The van der Waals surface area contributed by atoms with Gasteiger partial charge in [0.15, 0.2) is 5.79 Å². The van der Waals surface area contributed by atoms with Gasteiger partial charge >= 0.3 is 0 Å². The van der Waals surface area contributed by atoms with Gasteiger partial charge in [0.25, 0.3) is 0 Å². The largest absolute Gasteiger partial charge is 0.345 e. The lowest BCUT2D eigenvalue weighted by atomic mass is 10.0. The lowest BCUT2D eigenvalue weighted by Crippen LogP contribution is -2.37. The highest BCUT2D eigenvalue weighted by molar-refractivity contribution is 7.99. The quantitative estimate of drug-likeness (QED) is 0.451. The van der Waals surface area contributed by atoms with E-state index in [4.69, 9.17) is 21.1 Å². The fourth-order valence-electron chi connectivity index (χ4n) is 3.49. The second-order valence-electron chi connectivity index (χ2n) is 7.45. The molecule has 2 atom stereocenters. The number of benzene rings is 2. The van der Waals surface area contributed by atoms with Crippen molar-refractivity contribution in [2.45, 2.75) is 43.1 Å². The van der Waals surface area contributed by atoms with E-state index in [9.17, 15) is 0 Å². The summed E-state index contributed by atoms with van der Waals surface area (Å²) in [5.74, 6) is 0.196. The van der Waals surface area contributed by atoms with Crippen molar-refractivity contribution in [2.75, 3.05) is 12.4 Å². The Kier molecular flexibility index (Phi) is 6.60. The molecule has 0 spiro atoms. The minimum atomic E-state index is -0.634.